The van der Waals surface area contributed by atoms with Gasteiger partial charge in [-0.3, -0.25) is 4.79 Å². The number of carbonyl (C=O) groups excluding carboxylic acids is 1. The van der Waals surface area contributed by atoms with Gasteiger partial charge < -0.3 is 10.5 Å². The van der Waals surface area contributed by atoms with Crippen molar-refractivity contribution in [2.45, 2.75) is 45.1 Å². The molecule has 86 valence electrons. The zero-order valence-corrected chi connectivity index (χ0v) is 9.66. The van der Waals surface area contributed by atoms with Crippen LogP contribution in [0.25, 0.3) is 0 Å². The molecule has 0 aromatic heterocycles. The number of ether oxygens (including phenoxy) is 1. The first-order valence-electron chi connectivity index (χ1n) is 5.91. The van der Waals surface area contributed by atoms with Crippen LogP contribution < -0.4 is 5.73 Å². The summed E-state index contributed by atoms with van der Waals surface area (Å²) in [7, 11) is 1.50. The van der Waals surface area contributed by atoms with Crippen LogP contribution in [0.2, 0.25) is 0 Å². The van der Waals surface area contributed by atoms with Gasteiger partial charge in [-0.25, -0.2) is 0 Å². The van der Waals surface area contributed by atoms with E-state index in [0.717, 1.165) is 25.7 Å². The lowest BCUT2D eigenvalue weighted by atomic mass is 9.58. The van der Waals surface area contributed by atoms with E-state index in [4.69, 9.17) is 10.5 Å². The molecule has 2 aliphatic rings. The van der Waals surface area contributed by atoms with Crippen LogP contribution in [0.5, 0.6) is 0 Å². The normalized spacial score (nSPS) is 44.9. The topological polar surface area (TPSA) is 52.3 Å². The number of nitrogens with two attached hydrogens (primary N) is 1. The minimum absolute atomic E-state index is 0.00838. The lowest BCUT2D eigenvalue weighted by Crippen LogP contribution is -2.50. The smallest absolute Gasteiger partial charge is 0.311 e. The second-order valence-electron chi connectivity index (χ2n) is 5.48. The van der Waals surface area contributed by atoms with Crippen molar-refractivity contribution >= 4 is 5.97 Å². The minimum Gasteiger partial charge on any atom is -0.469 e. The predicted molar refractivity (Wildman–Crippen MR) is 58.2 cm³/mol. The van der Waals surface area contributed by atoms with E-state index in [9.17, 15) is 4.79 Å². The zero-order valence-electron chi connectivity index (χ0n) is 9.66. The molecule has 4 unspecified atom stereocenters. The largest absolute Gasteiger partial charge is 0.469 e. The van der Waals surface area contributed by atoms with Crippen molar-refractivity contribution in [3.05, 3.63) is 0 Å². The molecule has 2 rings (SSSR count). The maximum atomic E-state index is 11.9. The average Bonchev–Trinajstić information content (AvgIpc) is 2.22. The Kier molecular flexibility index (Phi) is 2.75. The Hall–Kier alpha value is -0.570. The molecule has 2 saturated carbocycles. The molecule has 0 saturated heterocycles. The van der Waals surface area contributed by atoms with Gasteiger partial charge in [-0.1, -0.05) is 6.92 Å². The molecule has 2 N–H and O–H groups in total. The summed E-state index contributed by atoms with van der Waals surface area (Å²) in [6, 6.07) is 0.297. The molecule has 0 radical (unpaired) electrons. The van der Waals surface area contributed by atoms with Crippen LogP contribution in [-0.4, -0.2) is 19.1 Å². The van der Waals surface area contributed by atoms with Crippen molar-refractivity contribution in [3.8, 4) is 0 Å². The van der Waals surface area contributed by atoms with Gasteiger partial charge in [-0.05, 0) is 43.9 Å². The van der Waals surface area contributed by atoms with E-state index in [1.807, 2.05) is 0 Å². The van der Waals surface area contributed by atoms with Gasteiger partial charge in [0.05, 0.1) is 12.5 Å². The van der Waals surface area contributed by atoms with Gasteiger partial charge >= 0.3 is 5.97 Å². The van der Waals surface area contributed by atoms with Crippen molar-refractivity contribution in [2.75, 3.05) is 7.11 Å². The molecule has 0 heterocycles. The van der Waals surface area contributed by atoms with Crippen LogP contribution in [-0.2, 0) is 9.53 Å². The predicted octanol–water partition coefficient (Wildman–Crippen LogP) is 1.70. The molecule has 0 aromatic carbocycles. The lowest BCUT2D eigenvalue weighted by Gasteiger charge is -2.48. The van der Waals surface area contributed by atoms with E-state index in [1.165, 1.54) is 13.5 Å². The monoisotopic (exact) mass is 211 g/mol. The van der Waals surface area contributed by atoms with E-state index < -0.39 is 0 Å². The third kappa shape index (κ3) is 1.78. The molecular weight excluding hydrogens is 190 g/mol. The van der Waals surface area contributed by atoms with Crippen LogP contribution in [0.15, 0.2) is 0 Å². The minimum atomic E-state index is -0.201. The van der Waals surface area contributed by atoms with Crippen LogP contribution >= 0.6 is 0 Å². The van der Waals surface area contributed by atoms with Gasteiger partial charge in [0.1, 0.15) is 0 Å². The standard InChI is InChI=1S/C12H21NO2/c1-8-5-9-7-12(6-8,11(14)15-2)4-3-10(9)13/h8-10H,3-7,13H2,1-2H3. The molecule has 0 spiro atoms. The van der Waals surface area contributed by atoms with E-state index in [-0.39, 0.29) is 11.4 Å². The summed E-state index contributed by atoms with van der Waals surface area (Å²) >= 11 is 0. The Labute approximate surface area is 91.4 Å². The maximum Gasteiger partial charge on any atom is 0.311 e. The van der Waals surface area contributed by atoms with Crippen molar-refractivity contribution < 1.29 is 9.53 Å². The van der Waals surface area contributed by atoms with Crippen LogP contribution in [0.4, 0.5) is 0 Å². The molecule has 0 amide bonds. The van der Waals surface area contributed by atoms with E-state index in [2.05, 4.69) is 6.92 Å². The fourth-order valence-corrected chi connectivity index (χ4v) is 3.63. The van der Waals surface area contributed by atoms with Gasteiger partial charge in [0.2, 0.25) is 0 Å². The summed E-state index contributed by atoms with van der Waals surface area (Å²) in [6.45, 7) is 2.22. The highest BCUT2D eigenvalue weighted by atomic mass is 16.5. The van der Waals surface area contributed by atoms with Crippen LogP contribution in [0.1, 0.15) is 39.0 Å². The van der Waals surface area contributed by atoms with Crippen LogP contribution in [0, 0.1) is 17.3 Å². The number of hydrogen-bond acceptors (Lipinski definition) is 3. The Morgan fingerprint density at radius 1 is 1.47 bits per heavy atom. The molecule has 0 aromatic rings. The highest BCUT2D eigenvalue weighted by Gasteiger charge is 2.50. The molecule has 2 fully saturated rings. The highest BCUT2D eigenvalue weighted by Crippen LogP contribution is 2.51. The number of fused-ring (bicyclic) bond motifs is 2. The quantitative estimate of drug-likeness (QED) is 0.672. The third-order valence-corrected chi connectivity index (χ3v) is 4.28. The Bertz CT molecular complexity index is 266. The summed E-state index contributed by atoms with van der Waals surface area (Å²) in [5.41, 5.74) is 5.89. The molecule has 3 heteroatoms. The Balaban J connectivity index is 2.21. The summed E-state index contributed by atoms with van der Waals surface area (Å²) in [5.74, 6) is 1.13. The second-order valence-corrected chi connectivity index (χ2v) is 5.48. The lowest BCUT2D eigenvalue weighted by molar-refractivity contribution is -0.160. The highest BCUT2D eigenvalue weighted by molar-refractivity contribution is 5.77. The first-order valence-corrected chi connectivity index (χ1v) is 5.91. The number of methoxy groups -OCH3 is 1. The maximum absolute atomic E-state index is 11.9. The molecule has 4 atom stereocenters. The Morgan fingerprint density at radius 2 is 2.20 bits per heavy atom. The summed E-state index contributed by atoms with van der Waals surface area (Å²) in [6.07, 6.45) is 5.02. The Morgan fingerprint density at radius 3 is 2.87 bits per heavy atom. The molecule has 2 aliphatic carbocycles. The van der Waals surface area contributed by atoms with Gasteiger partial charge in [-0.15, -0.1) is 0 Å². The first kappa shape index (κ1) is 10.9. The van der Waals surface area contributed by atoms with E-state index >= 15 is 0 Å². The van der Waals surface area contributed by atoms with Crippen molar-refractivity contribution in [1.29, 1.82) is 0 Å². The SMILES string of the molecule is COC(=O)C12CCC(N)C(CC(C)C1)C2. The first-order chi connectivity index (χ1) is 7.07. The van der Waals surface area contributed by atoms with E-state index in [1.54, 1.807) is 0 Å². The number of esters is 1. The van der Waals surface area contributed by atoms with Crippen molar-refractivity contribution in [3.63, 3.8) is 0 Å². The van der Waals surface area contributed by atoms with Crippen LogP contribution in [0.3, 0.4) is 0 Å². The van der Waals surface area contributed by atoms with E-state index in [0.29, 0.717) is 17.9 Å². The summed E-state index contributed by atoms with van der Waals surface area (Å²) in [5, 5.41) is 0. The van der Waals surface area contributed by atoms with Gasteiger partial charge in [0.15, 0.2) is 0 Å². The van der Waals surface area contributed by atoms with Gasteiger partial charge in [0, 0.05) is 6.04 Å². The average molecular weight is 211 g/mol. The van der Waals surface area contributed by atoms with Crippen molar-refractivity contribution in [2.24, 2.45) is 23.0 Å². The molecule has 3 nitrogen and oxygen atoms in total. The molecule has 2 bridgehead atoms. The number of rotatable bonds is 1. The van der Waals surface area contributed by atoms with Gasteiger partial charge in [0.25, 0.3) is 0 Å². The summed E-state index contributed by atoms with van der Waals surface area (Å²) < 4.78 is 4.97. The zero-order chi connectivity index (χ0) is 11.1. The fraction of sp³-hybridized carbons (Fsp3) is 0.917. The molecule has 0 aliphatic heterocycles. The van der Waals surface area contributed by atoms with Gasteiger partial charge in [-0.2, -0.15) is 0 Å². The third-order valence-electron chi connectivity index (χ3n) is 4.28. The fourth-order valence-electron chi connectivity index (χ4n) is 3.63. The van der Waals surface area contributed by atoms with Crippen molar-refractivity contribution in [1.82, 2.24) is 0 Å². The molecular formula is C12H21NO2. The second kappa shape index (κ2) is 3.78. The number of hydrogen-bond donors (Lipinski definition) is 1. The summed E-state index contributed by atoms with van der Waals surface area (Å²) in [4.78, 5) is 11.9. The number of carbonyl (C=O) groups is 1. The molecule has 15 heavy (non-hydrogen) atoms.